The van der Waals surface area contributed by atoms with Gasteiger partial charge in [-0.15, -0.1) is 12.4 Å². The summed E-state index contributed by atoms with van der Waals surface area (Å²) in [5.74, 6) is -0.0295. The van der Waals surface area contributed by atoms with Crippen molar-refractivity contribution in [3.8, 4) is 0 Å². The Bertz CT molecular complexity index is 472. The molecule has 2 atom stereocenters. The van der Waals surface area contributed by atoms with Gasteiger partial charge in [-0.05, 0) is 44.8 Å². The average molecular weight is 340 g/mol. The minimum atomic E-state index is -0.387. The molecule has 130 valence electrons. The standard InChI is InChI=1S/C18H29N3O.ClH/c1-3-6-16(19)18(22)20-13-17(21-11-4-5-12-21)15-9-7-14(2)8-10-15;/h7-10,16-17H,3-6,11-13,19H2,1-2H3,(H,20,22);1H. The summed E-state index contributed by atoms with van der Waals surface area (Å²) in [6, 6.07) is 8.50. The van der Waals surface area contributed by atoms with E-state index < -0.39 is 0 Å². The molecule has 1 aromatic rings. The molecule has 1 aliphatic rings. The largest absolute Gasteiger partial charge is 0.353 e. The molecule has 0 spiro atoms. The van der Waals surface area contributed by atoms with Crippen LogP contribution in [0.1, 0.15) is 49.8 Å². The maximum atomic E-state index is 12.1. The van der Waals surface area contributed by atoms with Gasteiger partial charge in [-0.25, -0.2) is 0 Å². The lowest BCUT2D eigenvalue weighted by Crippen LogP contribution is -2.44. The van der Waals surface area contributed by atoms with E-state index in [1.54, 1.807) is 0 Å². The van der Waals surface area contributed by atoms with Crippen LogP contribution in [0, 0.1) is 6.92 Å². The molecule has 0 aromatic heterocycles. The molecule has 4 nitrogen and oxygen atoms in total. The molecule has 1 aliphatic heterocycles. The number of halogens is 1. The lowest BCUT2D eigenvalue weighted by atomic mass is 10.0. The van der Waals surface area contributed by atoms with Crippen LogP contribution in [-0.2, 0) is 4.79 Å². The quantitative estimate of drug-likeness (QED) is 0.803. The summed E-state index contributed by atoms with van der Waals surface area (Å²) in [6.07, 6.45) is 4.16. The van der Waals surface area contributed by atoms with Crippen LogP contribution in [0.4, 0.5) is 0 Å². The smallest absolute Gasteiger partial charge is 0.236 e. The first-order chi connectivity index (χ1) is 10.6. The fourth-order valence-corrected chi connectivity index (χ4v) is 3.07. The van der Waals surface area contributed by atoms with Gasteiger partial charge in [0.05, 0.1) is 12.1 Å². The molecular weight excluding hydrogens is 310 g/mol. The number of amides is 1. The maximum Gasteiger partial charge on any atom is 0.236 e. The van der Waals surface area contributed by atoms with Crippen LogP contribution >= 0.6 is 12.4 Å². The normalized spacial score (nSPS) is 17.3. The van der Waals surface area contributed by atoms with Gasteiger partial charge in [0.25, 0.3) is 0 Å². The third-order valence-electron chi connectivity index (χ3n) is 4.45. The zero-order valence-corrected chi connectivity index (χ0v) is 15.1. The molecule has 1 heterocycles. The van der Waals surface area contributed by atoms with Crippen LogP contribution in [0.3, 0.4) is 0 Å². The van der Waals surface area contributed by atoms with Gasteiger partial charge in [0.2, 0.25) is 5.91 Å². The molecule has 0 saturated carbocycles. The van der Waals surface area contributed by atoms with Crippen LogP contribution in [0.2, 0.25) is 0 Å². The van der Waals surface area contributed by atoms with E-state index in [2.05, 4.69) is 41.4 Å². The molecule has 1 fully saturated rings. The van der Waals surface area contributed by atoms with Crippen LogP contribution in [0.5, 0.6) is 0 Å². The second-order valence-electron chi connectivity index (χ2n) is 6.31. The van der Waals surface area contributed by atoms with E-state index in [0.717, 1.165) is 25.9 Å². The van der Waals surface area contributed by atoms with Crippen molar-refractivity contribution in [1.82, 2.24) is 10.2 Å². The van der Waals surface area contributed by atoms with Gasteiger partial charge in [0.15, 0.2) is 0 Å². The second kappa shape index (κ2) is 9.91. The fourth-order valence-electron chi connectivity index (χ4n) is 3.07. The fraction of sp³-hybridized carbons (Fsp3) is 0.611. The Morgan fingerprint density at radius 3 is 2.43 bits per heavy atom. The van der Waals surface area contributed by atoms with E-state index in [0.29, 0.717) is 6.54 Å². The molecule has 0 radical (unpaired) electrons. The summed E-state index contributed by atoms with van der Waals surface area (Å²) in [5, 5.41) is 3.05. The van der Waals surface area contributed by atoms with Gasteiger partial charge >= 0.3 is 0 Å². The third-order valence-corrected chi connectivity index (χ3v) is 4.45. The van der Waals surface area contributed by atoms with Crippen LogP contribution < -0.4 is 11.1 Å². The Kier molecular flexibility index (Phi) is 8.59. The van der Waals surface area contributed by atoms with Gasteiger partial charge in [0, 0.05) is 6.54 Å². The monoisotopic (exact) mass is 339 g/mol. The van der Waals surface area contributed by atoms with E-state index in [4.69, 9.17) is 5.73 Å². The number of hydrogen-bond donors (Lipinski definition) is 2. The molecule has 1 aromatic carbocycles. The Balaban J connectivity index is 0.00000264. The summed E-state index contributed by atoms with van der Waals surface area (Å²) < 4.78 is 0. The number of aryl methyl sites for hydroxylation is 1. The number of rotatable bonds is 7. The molecule has 3 N–H and O–H groups in total. The molecule has 23 heavy (non-hydrogen) atoms. The van der Waals surface area contributed by atoms with Crippen molar-refractivity contribution in [2.75, 3.05) is 19.6 Å². The summed E-state index contributed by atoms with van der Waals surface area (Å²) in [6.45, 7) is 7.00. The Labute approximate surface area is 146 Å². The minimum absolute atomic E-state index is 0. The SMILES string of the molecule is CCCC(N)C(=O)NCC(c1ccc(C)cc1)N1CCCC1.Cl. The van der Waals surface area contributed by atoms with E-state index in [1.807, 2.05) is 6.92 Å². The van der Waals surface area contributed by atoms with Crippen molar-refractivity contribution in [2.45, 2.75) is 51.6 Å². The van der Waals surface area contributed by atoms with Crippen LogP contribution in [-0.4, -0.2) is 36.5 Å². The third kappa shape index (κ3) is 5.79. The average Bonchev–Trinajstić information content (AvgIpc) is 3.03. The minimum Gasteiger partial charge on any atom is -0.353 e. The van der Waals surface area contributed by atoms with Crippen molar-refractivity contribution < 1.29 is 4.79 Å². The number of nitrogens with two attached hydrogens (primary N) is 1. The lowest BCUT2D eigenvalue weighted by molar-refractivity contribution is -0.122. The predicted molar refractivity (Wildman–Crippen MR) is 97.9 cm³/mol. The zero-order chi connectivity index (χ0) is 15.9. The van der Waals surface area contributed by atoms with Crippen molar-refractivity contribution in [2.24, 2.45) is 5.73 Å². The number of hydrogen-bond acceptors (Lipinski definition) is 3. The number of carbonyl (C=O) groups excluding carboxylic acids is 1. The van der Waals surface area contributed by atoms with Crippen molar-refractivity contribution >= 4 is 18.3 Å². The highest BCUT2D eigenvalue weighted by molar-refractivity contribution is 5.85. The Morgan fingerprint density at radius 1 is 1.26 bits per heavy atom. The molecule has 0 aliphatic carbocycles. The van der Waals surface area contributed by atoms with Gasteiger partial charge in [-0.3, -0.25) is 9.69 Å². The number of likely N-dealkylation sites (tertiary alicyclic amines) is 1. The zero-order valence-electron chi connectivity index (χ0n) is 14.3. The van der Waals surface area contributed by atoms with Crippen molar-refractivity contribution in [3.63, 3.8) is 0 Å². The second-order valence-corrected chi connectivity index (χ2v) is 6.31. The van der Waals surface area contributed by atoms with Crippen LogP contribution in [0.15, 0.2) is 24.3 Å². The topological polar surface area (TPSA) is 58.4 Å². The van der Waals surface area contributed by atoms with E-state index in [-0.39, 0.29) is 30.4 Å². The first-order valence-electron chi connectivity index (χ1n) is 8.45. The van der Waals surface area contributed by atoms with Gasteiger partial charge in [0.1, 0.15) is 0 Å². The Morgan fingerprint density at radius 2 is 1.87 bits per heavy atom. The van der Waals surface area contributed by atoms with Gasteiger partial charge < -0.3 is 11.1 Å². The first-order valence-corrected chi connectivity index (χ1v) is 8.45. The van der Waals surface area contributed by atoms with E-state index >= 15 is 0 Å². The first kappa shape index (κ1) is 19.9. The summed E-state index contributed by atoms with van der Waals surface area (Å²) in [7, 11) is 0. The predicted octanol–water partition coefficient (Wildman–Crippen LogP) is 2.80. The lowest BCUT2D eigenvalue weighted by Gasteiger charge is -2.28. The molecule has 5 heteroatoms. The highest BCUT2D eigenvalue weighted by Gasteiger charge is 2.24. The van der Waals surface area contributed by atoms with Crippen molar-refractivity contribution in [1.29, 1.82) is 0 Å². The Hall–Kier alpha value is -1.10. The number of nitrogens with one attached hydrogen (secondary N) is 1. The van der Waals surface area contributed by atoms with E-state index in [1.165, 1.54) is 24.0 Å². The molecular formula is C18H30ClN3O. The number of nitrogens with zero attached hydrogens (tertiary/aromatic N) is 1. The van der Waals surface area contributed by atoms with Gasteiger partial charge in [-0.1, -0.05) is 43.2 Å². The molecule has 2 rings (SSSR count). The van der Waals surface area contributed by atoms with Crippen LogP contribution in [0.25, 0.3) is 0 Å². The molecule has 0 bridgehead atoms. The maximum absolute atomic E-state index is 12.1. The number of carbonyl (C=O) groups is 1. The summed E-state index contributed by atoms with van der Waals surface area (Å²) >= 11 is 0. The highest BCUT2D eigenvalue weighted by Crippen LogP contribution is 2.24. The molecule has 2 unspecified atom stereocenters. The summed E-state index contributed by atoms with van der Waals surface area (Å²) in [5.41, 5.74) is 8.44. The van der Waals surface area contributed by atoms with Gasteiger partial charge in [-0.2, -0.15) is 0 Å². The molecule has 1 amide bonds. The number of benzene rings is 1. The molecule has 1 saturated heterocycles. The van der Waals surface area contributed by atoms with E-state index in [9.17, 15) is 4.79 Å². The summed E-state index contributed by atoms with van der Waals surface area (Å²) in [4.78, 5) is 14.6. The highest BCUT2D eigenvalue weighted by atomic mass is 35.5. The van der Waals surface area contributed by atoms with Crippen molar-refractivity contribution in [3.05, 3.63) is 35.4 Å².